The Balaban J connectivity index is 1.76. The van der Waals surface area contributed by atoms with Gasteiger partial charge < -0.3 is 10.1 Å². The number of nitrogens with zero attached hydrogens (tertiary/aromatic N) is 2. The smallest absolute Gasteiger partial charge is 0.0658 e. The molecule has 0 aliphatic heterocycles. The number of hydrogen-bond acceptors (Lipinski definition) is 3. The first-order valence-electron chi connectivity index (χ1n) is 5.12. The molecule has 0 unspecified atom stereocenters. The van der Waals surface area contributed by atoms with E-state index in [2.05, 4.69) is 16.6 Å². The fourth-order valence-electron chi connectivity index (χ4n) is 1.35. The van der Waals surface area contributed by atoms with Crippen LogP contribution in [0.25, 0.3) is 0 Å². The second-order valence-electron chi connectivity index (χ2n) is 3.76. The van der Waals surface area contributed by atoms with Crippen LogP contribution in [0.15, 0.2) is 12.4 Å². The zero-order valence-corrected chi connectivity index (χ0v) is 8.57. The Bertz CT molecular complexity index is 281. The van der Waals surface area contributed by atoms with E-state index in [4.69, 9.17) is 4.74 Å². The van der Waals surface area contributed by atoms with Gasteiger partial charge >= 0.3 is 0 Å². The fraction of sp³-hybridized carbons (Fsp3) is 0.700. The van der Waals surface area contributed by atoms with Crippen LogP contribution in [0.4, 0.5) is 0 Å². The SMILES string of the molecule is COCCn1cc(CNC2CC2)cn1. The van der Waals surface area contributed by atoms with Crippen molar-refractivity contribution in [3.63, 3.8) is 0 Å². The van der Waals surface area contributed by atoms with Gasteiger partial charge in [-0.2, -0.15) is 5.10 Å². The third-order valence-electron chi connectivity index (χ3n) is 2.38. The lowest BCUT2D eigenvalue weighted by Gasteiger charge is -1.99. The van der Waals surface area contributed by atoms with Gasteiger partial charge in [0, 0.05) is 31.5 Å². The maximum Gasteiger partial charge on any atom is 0.0658 e. The minimum atomic E-state index is 0.719. The largest absolute Gasteiger partial charge is 0.383 e. The number of aromatic nitrogens is 2. The highest BCUT2D eigenvalue weighted by molar-refractivity contribution is 5.04. The molecule has 0 saturated heterocycles. The lowest BCUT2D eigenvalue weighted by molar-refractivity contribution is 0.183. The molecule has 1 heterocycles. The van der Waals surface area contributed by atoms with Crippen LogP contribution in [0.5, 0.6) is 0 Å². The van der Waals surface area contributed by atoms with Gasteiger partial charge in [0.25, 0.3) is 0 Å². The van der Waals surface area contributed by atoms with Crippen molar-refractivity contribution in [3.05, 3.63) is 18.0 Å². The Morgan fingerprint density at radius 3 is 3.21 bits per heavy atom. The van der Waals surface area contributed by atoms with Crippen LogP contribution in [0.1, 0.15) is 18.4 Å². The zero-order valence-electron chi connectivity index (χ0n) is 8.57. The summed E-state index contributed by atoms with van der Waals surface area (Å²) in [7, 11) is 1.71. The van der Waals surface area contributed by atoms with Crippen LogP contribution in [0.2, 0.25) is 0 Å². The molecule has 0 bridgehead atoms. The Hall–Kier alpha value is -0.870. The minimum absolute atomic E-state index is 0.719. The molecule has 14 heavy (non-hydrogen) atoms. The molecule has 1 N–H and O–H groups in total. The van der Waals surface area contributed by atoms with E-state index < -0.39 is 0 Å². The number of rotatable bonds is 6. The van der Waals surface area contributed by atoms with Crippen LogP contribution in [-0.4, -0.2) is 29.5 Å². The summed E-state index contributed by atoms with van der Waals surface area (Å²) in [6.45, 7) is 2.49. The van der Waals surface area contributed by atoms with E-state index in [1.54, 1.807) is 7.11 Å². The van der Waals surface area contributed by atoms with Crippen molar-refractivity contribution >= 4 is 0 Å². The third kappa shape index (κ3) is 2.82. The lowest BCUT2D eigenvalue weighted by Crippen LogP contribution is -2.14. The summed E-state index contributed by atoms with van der Waals surface area (Å²) < 4.78 is 6.91. The molecule has 0 atom stereocenters. The molecule has 0 spiro atoms. The molecule has 1 fully saturated rings. The normalized spacial score (nSPS) is 16.1. The summed E-state index contributed by atoms with van der Waals surface area (Å²) in [5.74, 6) is 0. The molecule has 4 nitrogen and oxygen atoms in total. The van der Waals surface area contributed by atoms with Gasteiger partial charge in [-0.1, -0.05) is 0 Å². The van der Waals surface area contributed by atoms with Crippen LogP contribution >= 0.6 is 0 Å². The molecule has 1 aromatic rings. The van der Waals surface area contributed by atoms with Gasteiger partial charge in [-0.25, -0.2) is 0 Å². The van der Waals surface area contributed by atoms with E-state index in [1.807, 2.05) is 10.9 Å². The van der Waals surface area contributed by atoms with E-state index in [0.717, 1.165) is 25.7 Å². The van der Waals surface area contributed by atoms with Crippen LogP contribution in [0, 0.1) is 0 Å². The summed E-state index contributed by atoms with van der Waals surface area (Å²) in [5.41, 5.74) is 1.26. The average molecular weight is 195 g/mol. The van der Waals surface area contributed by atoms with Crippen molar-refractivity contribution in [2.24, 2.45) is 0 Å². The van der Waals surface area contributed by atoms with E-state index in [-0.39, 0.29) is 0 Å². The third-order valence-corrected chi connectivity index (χ3v) is 2.38. The van der Waals surface area contributed by atoms with E-state index in [1.165, 1.54) is 18.4 Å². The minimum Gasteiger partial charge on any atom is -0.383 e. The molecule has 1 aromatic heterocycles. The van der Waals surface area contributed by atoms with E-state index in [0.29, 0.717) is 0 Å². The van der Waals surface area contributed by atoms with Gasteiger partial charge in [0.05, 0.1) is 19.3 Å². The molecule has 0 amide bonds. The Kier molecular flexibility index (Phi) is 3.16. The quantitative estimate of drug-likeness (QED) is 0.729. The number of nitrogens with one attached hydrogen (secondary N) is 1. The Morgan fingerprint density at radius 1 is 1.64 bits per heavy atom. The molecule has 78 valence electrons. The van der Waals surface area contributed by atoms with Crippen molar-refractivity contribution in [1.82, 2.24) is 15.1 Å². The van der Waals surface area contributed by atoms with Gasteiger partial charge in [-0.05, 0) is 12.8 Å². The topological polar surface area (TPSA) is 39.1 Å². The van der Waals surface area contributed by atoms with Gasteiger partial charge in [0.1, 0.15) is 0 Å². The highest BCUT2D eigenvalue weighted by Gasteiger charge is 2.19. The molecular formula is C10H17N3O. The summed E-state index contributed by atoms with van der Waals surface area (Å²) in [4.78, 5) is 0. The van der Waals surface area contributed by atoms with Crippen LogP contribution in [-0.2, 0) is 17.8 Å². The van der Waals surface area contributed by atoms with E-state index >= 15 is 0 Å². The number of ether oxygens (including phenoxy) is 1. The second kappa shape index (κ2) is 4.57. The highest BCUT2D eigenvalue weighted by Crippen LogP contribution is 2.19. The summed E-state index contributed by atoms with van der Waals surface area (Å²) in [5, 5.41) is 7.71. The number of methoxy groups -OCH3 is 1. The molecule has 1 aliphatic carbocycles. The molecule has 1 aliphatic rings. The van der Waals surface area contributed by atoms with Crippen molar-refractivity contribution in [2.75, 3.05) is 13.7 Å². The summed E-state index contributed by atoms with van der Waals surface area (Å²) in [6, 6.07) is 0.761. The van der Waals surface area contributed by atoms with Gasteiger partial charge in [0.15, 0.2) is 0 Å². The van der Waals surface area contributed by atoms with E-state index in [9.17, 15) is 0 Å². The standard InChI is InChI=1S/C10H17N3O/c1-14-5-4-13-8-9(7-12-13)6-11-10-2-3-10/h7-8,10-11H,2-6H2,1H3. The second-order valence-corrected chi connectivity index (χ2v) is 3.76. The Morgan fingerprint density at radius 2 is 2.50 bits per heavy atom. The molecule has 1 saturated carbocycles. The van der Waals surface area contributed by atoms with Crippen LogP contribution in [0.3, 0.4) is 0 Å². The molecule has 0 radical (unpaired) electrons. The first-order chi connectivity index (χ1) is 6.88. The summed E-state index contributed by atoms with van der Waals surface area (Å²) in [6.07, 6.45) is 6.66. The van der Waals surface area contributed by atoms with Gasteiger partial charge in [0.2, 0.25) is 0 Å². The van der Waals surface area contributed by atoms with Crippen molar-refractivity contribution in [1.29, 1.82) is 0 Å². The number of hydrogen-bond donors (Lipinski definition) is 1. The molecule has 4 heteroatoms. The first kappa shape index (κ1) is 9.68. The predicted octanol–water partition coefficient (Wildman–Crippen LogP) is 0.781. The average Bonchev–Trinajstić information content (AvgIpc) is 2.92. The summed E-state index contributed by atoms with van der Waals surface area (Å²) >= 11 is 0. The van der Waals surface area contributed by atoms with Gasteiger partial charge in [-0.15, -0.1) is 0 Å². The molecule has 0 aromatic carbocycles. The monoisotopic (exact) mass is 195 g/mol. The van der Waals surface area contributed by atoms with Crippen LogP contribution < -0.4 is 5.32 Å². The lowest BCUT2D eigenvalue weighted by atomic mass is 10.3. The molecule has 2 rings (SSSR count). The van der Waals surface area contributed by atoms with Crippen molar-refractivity contribution in [2.45, 2.75) is 32.0 Å². The Labute approximate surface area is 84.3 Å². The van der Waals surface area contributed by atoms with Crippen molar-refractivity contribution < 1.29 is 4.74 Å². The predicted molar refractivity (Wildman–Crippen MR) is 54.0 cm³/mol. The highest BCUT2D eigenvalue weighted by atomic mass is 16.5. The first-order valence-corrected chi connectivity index (χ1v) is 5.12. The van der Waals surface area contributed by atoms with Gasteiger partial charge in [-0.3, -0.25) is 4.68 Å². The maximum absolute atomic E-state index is 4.99. The maximum atomic E-state index is 4.99. The fourth-order valence-corrected chi connectivity index (χ4v) is 1.35. The zero-order chi connectivity index (χ0) is 9.80. The molecular weight excluding hydrogens is 178 g/mol. The van der Waals surface area contributed by atoms with Crippen molar-refractivity contribution in [3.8, 4) is 0 Å².